The summed E-state index contributed by atoms with van der Waals surface area (Å²) < 4.78 is 0. The molecule has 0 saturated carbocycles. The zero-order valence-corrected chi connectivity index (χ0v) is 8.33. The minimum Gasteiger partial charge on any atom is -0.396 e. The Kier molecular flexibility index (Phi) is 3.90. The highest BCUT2D eigenvalue weighted by molar-refractivity contribution is 6.31. The number of halogens is 1. The molecule has 0 aliphatic carbocycles. The summed E-state index contributed by atoms with van der Waals surface area (Å²) in [6.07, 6.45) is 0.464. The molecular weight excluding hydrogens is 200 g/mol. The summed E-state index contributed by atoms with van der Waals surface area (Å²) in [6, 6.07) is 6.68. The van der Waals surface area contributed by atoms with Crippen LogP contribution in [0.3, 0.4) is 0 Å². The number of nitrogens with zero attached hydrogens (tertiary/aromatic N) is 1. The topological polar surface area (TPSA) is 70.0 Å². The Balaban J connectivity index is 2.95. The number of nitrogens with two attached hydrogens (primary N) is 1. The van der Waals surface area contributed by atoms with E-state index in [9.17, 15) is 0 Å². The second-order valence-corrected chi connectivity index (χ2v) is 3.37. The zero-order chi connectivity index (χ0) is 10.6. The van der Waals surface area contributed by atoms with Crippen LogP contribution < -0.4 is 5.73 Å². The summed E-state index contributed by atoms with van der Waals surface area (Å²) in [5.41, 5.74) is 7.04. The van der Waals surface area contributed by atoms with Crippen LogP contribution in [0.5, 0.6) is 0 Å². The summed E-state index contributed by atoms with van der Waals surface area (Å²) >= 11 is 5.93. The molecule has 14 heavy (non-hydrogen) atoms. The standard InChI is InChI=1S/C10H11ClN2O/c11-9-5-7(6-12)1-2-8(9)10(13)3-4-14/h1-2,5,10,14H,3-4,13H2/t10-/m0/s1. The van der Waals surface area contributed by atoms with Crippen LogP contribution >= 0.6 is 11.6 Å². The van der Waals surface area contributed by atoms with Crippen molar-refractivity contribution in [3.8, 4) is 6.07 Å². The number of hydrogen-bond acceptors (Lipinski definition) is 3. The molecule has 0 radical (unpaired) electrons. The van der Waals surface area contributed by atoms with E-state index in [2.05, 4.69) is 0 Å². The third-order valence-corrected chi connectivity index (χ3v) is 2.30. The van der Waals surface area contributed by atoms with E-state index >= 15 is 0 Å². The molecule has 3 nitrogen and oxygen atoms in total. The highest BCUT2D eigenvalue weighted by Crippen LogP contribution is 2.24. The van der Waals surface area contributed by atoms with E-state index in [0.29, 0.717) is 17.0 Å². The van der Waals surface area contributed by atoms with E-state index < -0.39 is 0 Å². The van der Waals surface area contributed by atoms with Crippen LogP contribution in [-0.4, -0.2) is 11.7 Å². The van der Waals surface area contributed by atoms with Crippen LogP contribution in [0.2, 0.25) is 5.02 Å². The quantitative estimate of drug-likeness (QED) is 0.796. The number of rotatable bonds is 3. The molecule has 0 aliphatic heterocycles. The van der Waals surface area contributed by atoms with Gasteiger partial charge in [-0.2, -0.15) is 5.26 Å². The highest BCUT2D eigenvalue weighted by atomic mass is 35.5. The summed E-state index contributed by atoms with van der Waals surface area (Å²) in [7, 11) is 0. The molecular formula is C10H11ClN2O. The first-order valence-electron chi connectivity index (χ1n) is 4.25. The Labute approximate surface area is 87.7 Å². The molecule has 3 N–H and O–H groups in total. The molecule has 0 aromatic heterocycles. The lowest BCUT2D eigenvalue weighted by Crippen LogP contribution is -2.12. The van der Waals surface area contributed by atoms with Gasteiger partial charge < -0.3 is 10.8 Å². The van der Waals surface area contributed by atoms with Crippen LogP contribution in [0, 0.1) is 11.3 Å². The van der Waals surface area contributed by atoms with Crippen molar-refractivity contribution in [1.82, 2.24) is 0 Å². The van der Waals surface area contributed by atoms with Crippen LogP contribution in [0.4, 0.5) is 0 Å². The average Bonchev–Trinajstić information content (AvgIpc) is 2.17. The van der Waals surface area contributed by atoms with Crippen molar-refractivity contribution in [3.63, 3.8) is 0 Å². The number of hydrogen-bond donors (Lipinski definition) is 2. The third kappa shape index (κ3) is 2.46. The van der Waals surface area contributed by atoms with Gasteiger partial charge in [0.1, 0.15) is 0 Å². The lowest BCUT2D eigenvalue weighted by Gasteiger charge is -2.11. The van der Waals surface area contributed by atoms with Crippen molar-refractivity contribution in [2.45, 2.75) is 12.5 Å². The van der Waals surface area contributed by atoms with Crippen LogP contribution in [-0.2, 0) is 0 Å². The van der Waals surface area contributed by atoms with Crippen molar-refractivity contribution in [3.05, 3.63) is 34.3 Å². The van der Waals surface area contributed by atoms with Crippen LogP contribution in [0.1, 0.15) is 23.6 Å². The lowest BCUT2D eigenvalue weighted by molar-refractivity contribution is 0.276. The van der Waals surface area contributed by atoms with Crippen LogP contribution in [0.15, 0.2) is 18.2 Å². The summed E-state index contributed by atoms with van der Waals surface area (Å²) in [5, 5.41) is 17.8. The fourth-order valence-electron chi connectivity index (χ4n) is 1.19. The van der Waals surface area contributed by atoms with Gasteiger partial charge in [-0.15, -0.1) is 0 Å². The molecule has 0 saturated heterocycles. The van der Waals surface area contributed by atoms with Gasteiger partial charge in [0.2, 0.25) is 0 Å². The summed E-state index contributed by atoms with van der Waals surface area (Å²) in [4.78, 5) is 0. The molecule has 74 valence electrons. The Morgan fingerprint density at radius 2 is 2.29 bits per heavy atom. The molecule has 1 aromatic carbocycles. The van der Waals surface area contributed by atoms with Gasteiger partial charge in [-0.3, -0.25) is 0 Å². The van der Waals surface area contributed by atoms with E-state index in [1.165, 1.54) is 0 Å². The first-order valence-corrected chi connectivity index (χ1v) is 4.63. The van der Waals surface area contributed by atoms with E-state index in [1.54, 1.807) is 18.2 Å². The Hall–Kier alpha value is -1.08. The fraction of sp³-hybridized carbons (Fsp3) is 0.300. The maximum Gasteiger partial charge on any atom is 0.0992 e. The average molecular weight is 211 g/mol. The zero-order valence-electron chi connectivity index (χ0n) is 7.57. The molecule has 0 fully saturated rings. The second kappa shape index (κ2) is 4.97. The maximum absolute atomic E-state index is 8.71. The van der Waals surface area contributed by atoms with Crippen molar-refractivity contribution < 1.29 is 5.11 Å². The molecule has 1 atom stereocenters. The monoisotopic (exact) mass is 210 g/mol. The van der Waals surface area contributed by atoms with E-state index in [4.69, 9.17) is 27.7 Å². The lowest BCUT2D eigenvalue weighted by atomic mass is 10.0. The molecule has 4 heteroatoms. The number of aliphatic hydroxyl groups is 1. The summed E-state index contributed by atoms with van der Waals surface area (Å²) in [5.74, 6) is 0. The third-order valence-electron chi connectivity index (χ3n) is 1.97. The van der Waals surface area contributed by atoms with Gasteiger partial charge in [0.25, 0.3) is 0 Å². The number of nitriles is 1. The van der Waals surface area contributed by atoms with E-state index in [1.807, 2.05) is 6.07 Å². The predicted octanol–water partition coefficient (Wildman–Crippen LogP) is 1.59. The molecule has 0 heterocycles. The van der Waals surface area contributed by atoms with Gasteiger partial charge in [0.15, 0.2) is 0 Å². The van der Waals surface area contributed by atoms with Crippen molar-refractivity contribution in [2.24, 2.45) is 5.73 Å². The Bertz CT molecular complexity index is 360. The second-order valence-electron chi connectivity index (χ2n) is 2.97. The van der Waals surface area contributed by atoms with Crippen LogP contribution in [0.25, 0.3) is 0 Å². The Morgan fingerprint density at radius 1 is 1.57 bits per heavy atom. The molecule has 0 bridgehead atoms. The van der Waals surface area contributed by atoms with Crippen molar-refractivity contribution in [2.75, 3.05) is 6.61 Å². The van der Waals surface area contributed by atoms with Gasteiger partial charge in [0.05, 0.1) is 11.6 Å². The molecule has 0 unspecified atom stereocenters. The van der Waals surface area contributed by atoms with Gasteiger partial charge >= 0.3 is 0 Å². The first kappa shape index (κ1) is 11.0. The first-order chi connectivity index (χ1) is 6.69. The SMILES string of the molecule is N#Cc1ccc([C@@H](N)CCO)c(Cl)c1. The van der Waals surface area contributed by atoms with Crippen molar-refractivity contribution >= 4 is 11.6 Å². The Morgan fingerprint density at radius 3 is 2.79 bits per heavy atom. The number of benzene rings is 1. The van der Waals surface area contributed by atoms with E-state index in [0.717, 1.165) is 5.56 Å². The molecule has 0 aliphatic rings. The molecule has 1 aromatic rings. The number of aliphatic hydroxyl groups excluding tert-OH is 1. The molecule has 1 rings (SSSR count). The minimum absolute atomic E-state index is 0.0253. The largest absolute Gasteiger partial charge is 0.396 e. The van der Waals surface area contributed by atoms with Gasteiger partial charge in [-0.05, 0) is 24.1 Å². The smallest absolute Gasteiger partial charge is 0.0992 e. The fourth-order valence-corrected chi connectivity index (χ4v) is 1.51. The normalized spacial score (nSPS) is 12.1. The van der Waals surface area contributed by atoms with E-state index in [-0.39, 0.29) is 12.6 Å². The molecule has 0 spiro atoms. The minimum atomic E-state index is -0.278. The van der Waals surface area contributed by atoms with Gasteiger partial charge in [0, 0.05) is 17.7 Å². The maximum atomic E-state index is 8.71. The molecule has 0 amide bonds. The highest BCUT2D eigenvalue weighted by Gasteiger charge is 2.09. The van der Waals surface area contributed by atoms with Crippen molar-refractivity contribution in [1.29, 1.82) is 5.26 Å². The summed E-state index contributed by atoms with van der Waals surface area (Å²) in [6.45, 7) is 0.0253. The predicted molar refractivity (Wildman–Crippen MR) is 54.8 cm³/mol. The van der Waals surface area contributed by atoms with Gasteiger partial charge in [-0.1, -0.05) is 17.7 Å². The van der Waals surface area contributed by atoms with Gasteiger partial charge in [-0.25, -0.2) is 0 Å².